The van der Waals surface area contributed by atoms with E-state index in [0.29, 0.717) is 11.6 Å². The molecule has 2 aromatic heterocycles. The summed E-state index contributed by atoms with van der Waals surface area (Å²) in [6.07, 6.45) is 8.87. The zero-order chi connectivity index (χ0) is 11.7. The average Bonchev–Trinajstić information content (AvgIpc) is 3.04. The van der Waals surface area contributed by atoms with Gasteiger partial charge in [0.2, 0.25) is 0 Å². The van der Waals surface area contributed by atoms with Crippen molar-refractivity contribution in [1.82, 2.24) is 20.1 Å². The first-order chi connectivity index (χ1) is 8.33. The third-order valence-electron chi connectivity index (χ3n) is 2.67. The number of aromatic nitrogens is 3. The van der Waals surface area contributed by atoms with Crippen LogP contribution in [0.4, 0.5) is 0 Å². The number of carbonyl (C=O) groups is 1. The summed E-state index contributed by atoms with van der Waals surface area (Å²) in [5.41, 5.74) is 1.43. The molecule has 2 heterocycles. The number of nitrogens with one attached hydrogen (secondary N) is 1. The lowest BCUT2D eigenvalue weighted by Crippen LogP contribution is -2.24. The molecule has 1 N–H and O–H groups in total. The lowest BCUT2D eigenvalue weighted by Gasteiger charge is -2.00. The number of pyridine rings is 1. The van der Waals surface area contributed by atoms with Crippen molar-refractivity contribution >= 4 is 5.91 Å². The normalized spacial score (nSPS) is 14.6. The average molecular weight is 228 g/mol. The molecule has 2 aromatic rings. The number of amides is 1. The maximum atomic E-state index is 11.8. The van der Waals surface area contributed by atoms with Gasteiger partial charge in [0.05, 0.1) is 23.6 Å². The van der Waals surface area contributed by atoms with Gasteiger partial charge in [0.25, 0.3) is 5.91 Å². The number of hydrogen-bond acceptors (Lipinski definition) is 3. The molecule has 0 unspecified atom stereocenters. The smallest absolute Gasteiger partial charge is 0.254 e. The molecule has 1 aliphatic carbocycles. The van der Waals surface area contributed by atoms with Crippen LogP contribution in [0.3, 0.4) is 0 Å². The molecule has 1 amide bonds. The summed E-state index contributed by atoms with van der Waals surface area (Å²) in [4.78, 5) is 15.8. The van der Waals surface area contributed by atoms with Crippen molar-refractivity contribution < 1.29 is 4.79 Å². The van der Waals surface area contributed by atoms with Crippen LogP contribution in [-0.4, -0.2) is 26.7 Å². The lowest BCUT2D eigenvalue weighted by atomic mass is 10.3. The summed E-state index contributed by atoms with van der Waals surface area (Å²) in [5.74, 6) is -0.0531. The van der Waals surface area contributed by atoms with Crippen molar-refractivity contribution in [3.05, 3.63) is 42.5 Å². The highest BCUT2D eigenvalue weighted by molar-refractivity contribution is 5.94. The second kappa shape index (κ2) is 4.01. The highest BCUT2D eigenvalue weighted by Crippen LogP contribution is 2.19. The highest BCUT2D eigenvalue weighted by Gasteiger charge is 2.24. The van der Waals surface area contributed by atoms with E-state index in [-0.39, 0.29) is 5.91 Å². The van der Waals surface area contributed by atoms with E-state index in [2.05, 4.69) is 15.4 Å². The molecule has 0 atom stereocenters. The lowest BCUT2D eigenvalue weighted by molar-refractivity contribution is 0.0951. The maximum absolute atomic E-state index is 11.8. The van der Waals surface area contributed by atoms with Gasteiger partial charge in [-0.1, -0.05) is 0 Å². The topological polar surface area (TPSA) is 59.8 Å². The molecule has 0 spiro atoms. The Labute approximate surface area is 98.5 Å². The molecule has 1 aliphatic rings. The number of nitrogens with zero attached hydrogens (tertiary/aromatic N) is 3. The first kappa shape index (κ1) is 10.0. The van der Waals surface area contributed by atoms with Crippen molar-refractivity contribution in [3.8, 4) is 5.69 Å². The molecule has 3 rings (SSSR count). The third kappa shape index (κ3) is 2.18. The first-order valence-electron chi connectivity index (χ1n) is 5.59. The molecular formula is C12H12N4O. The molecule has 5 nitrogen and oxygen atoms in total. The number of hydrogen-bond donors (Lipinski definition) is 1. The predicted octanol–water partition coefficient (Wildman–Crippen LogP) is 1.16. The summed E-state index contributed by atoms with van der Waals surface area (Å²) in [6.45, 7) is 0. The number of carbonyl (C=O) groups excluding carboxylic acids is 1. The van der Waals surface area contributed by atoms with Crippen LogP contribution in [0, 0.1) is 0 Å². The second-order valence-corrected chi connectivity index (χ2v) is 4.13. The predicted molar refractivity (Wildman–Crippen MR) is 61.8 cm³/mol. The zero-order valence-corrected chi connectivity index (χ0v) is 9.21. The summed E-state index contributed by atoms with van der Waals surface area (Å²) in [7, 11) is 0. The van der Waals surface area contributed by atoms with Gasteiger partial charge in [0.1, 0.15) is 0 Å². The molecule has 1 fully saturated rings. The van der Waals surface area contributed by atoms with E-state index < -0.39 is 0 Å². The van der Waals surface area contributed by atoms with E-state index in [0.717, 1.165) is 18.5 Å². The molecule has 1 saturated carbocycles. The van der Waals surface area contributed by atoms with Crippen LogP contribution >= 0.6 is 0 Å². The molecule has 0 aromatic carbocycles. The van der Waals surface area contributed by atoms with Crippen molar-refractivity contribution in [2.45, 2.75) is 18.9 Å². The Bertz CT molecular complexity index is 530. The van der Waals surface area contributed by atoms with E-state index in [4.69, 9.17) is 0 Å². The molecule has 0 aliphatic heterocycles. The van der Waals surface area contributed by atoms with Gasteiger partial charge >= 0.3 is 0 Å². The Morgan fingerprint density at radius 2 is 2.29 bits per heavy atom. The van der Waals surface area contributed by atoms with E-state index in [1.54, 1.807) is 29.5 Å². The fourth-order valence-corrected chi connectivity index (χ4v) is 1.57. The minimum absolute atomic E-state index is 0.0531. The van der Waals surface area contributed by atoms with Crippen LogP contribution < -0.4 is 5.32 Å². The number of rotatable bonds is 3. The molecule has 86 valence electrons. The Hall–Kier alpha value is -2.17. The van der Waals surface area contributed by atoms with Gasteiger partial charge in [0.15, 0.2) is 0 Å². The Morgan fingerprint density at radius 3 is 3.00 bits per heavy atom. The minimum Gasteiger partial charge on any atom is -0.349 e. The first-order valence-corrected chi connectivity index (χ1v) is 5.59. The van der Waals surface area contributed by atoms with Crippen molar-refractivity contribution in [2.24, 2.45) is 0 Å². The summed E-state index contributed by atoms with van der Waals surface area (Å²) in [6, 6.07) is 4.09. The van der Waals surface area contributed by atoms with Gasteiger partial charge in [0, 0.05) is 18.4 Å². The van der Waals surface area contributed by atoms with Crippen molar-refractivity contribution in [1.29, 1.82) is 0 Å². The fourth-order valence-electron chi connectivity index (χ4n) is 1.57. The SMILES string of the molecule is O=C(NC1CC1)c1cnn(-c2cccnc2)c1. The van der Waals surface area contributed by atoms with E-state index in [9.17, 15) is 4.79 Å². The maximum Gasteiger partial charge on any atom is 0.254 e. The Morgan fingerprint density at radius 1 is 1.41 bits per heavy atom. The van der Waals surface area contributed by atoms with Gasteiger partial charge in [-0.25, -0.2) is 4.68 Å². The van der Waals surface area contributed by atoms with Crippen LogP contribution in [-0.2, 0) is 0 Å². The van der Waals surface area contributed by atoms with Crippen molar-refractivity contribution in [2.75, 3.05) is 0 Å². The fraction of sp³-hybridized carbons (Fsp3) is 0.250. The molecule has 5 heteroatoms. The minimum atomic E-state index is -0.0531. The van der Waals surface area contributed by atoms with Crippen molar-refractivity contribution in [3.63, 3.8) is 0 Å². The van der Waals surface area contributed by atoms with Gasteiger partial charge in [-0.15, -0.1) is 0 Å². The van der Waals surface area contributed by atoms with Gasteiger partial charge in [-0.05, 0) is 25.0 Å². The van der Waals surface area contributed by atoms with Gasteiger partial charge in [-0.3, -0.25) is 9.78 Å². The Kier molecular flexibility index (Phi) is 2.36. The molecule has 0 saturated heterocycles. The molecule has 0 radical (unpaired) electrons. The monoisotopic (exact) mass is 228 g/mol. The zero-order valence-electron chi connectivity index (χ0n) is 9.21. The van der Waals surface area contributed by atoms with E-state index in [1.165, 1.54) is 0 Å². The van der Waals surface area contributed by atoms with E-state index in [1.807, 2.05) is 12.1 Å². The largest absolute Gasteiger partial charge is 0.349 e. The highest BCUT2D eigenvalue weighted by atomic mass is 16.1. The Balaban J connectivity index is 1.80. The standard InChI is InChI=1S/C12H12N4O/c17-12(15-10-3-4-10)9-6-14-16(8-9)11-2-1-5-13-7-11/h1-2,5-8,10H,3-4H2,(H,15,17). The van der Waals surface area contributed by atoms with Crippen LogP contribution in [0.5, 0.6) is 0 Å². The summed E-state index contributed by atoms with van der Waals surface area (Å²) in [5, 5.41) is 7.08. The van der Waals surface area contributed by atoms with Crippen LogP contribution in [0.15, 0.2) is 36.9 Å². The summed E-state index contributed by atoms with van der Waals surface area (Å²) >= 11 is 0. The molecular weight excluding hydrogens is 216 g/mol. The van der Waals surface area contributed by atoms with Crippen LogP contribution in [0.25, 0.3) is 5.69 Å². The van der Waals surface area contributed by atoms with Crippen LogP contribution in [0.1, 0.15) is 23.2 Å². The second-order valence-electron chi connectivity index (χ2n) is 4.13. The summed E-state index contributed by atoms with van der Waals surface area (Å²) < 4.78 is 1.65. The molecule has 0 bridgehead atoms. The third-order valence-corrected chi connectivity index (χ3v) is 2.67. The van der Waals surface area contributed by atoms with Gasteiger partial charge in [-0.2, -0.15) is 5.10 Å². The van der Waals surface area contributed by atoms with Crippen LogP contribution in [0.2, 0.25) is 0 Å². The molecule has 17 heavy (non-hydrogen) atoms. The van der Waals surface area contributed by atoms with Gasteiger partial charge < -0.3 is 5.32 Å². The quantitative estimate of drug-likeness (QED) is 0.857. The van der Waals surface area contributed by atoms with E-state index >= 15 is 0 Å².